The van der Waals surface area contributed by atoms with E-state index in [0.29, 0.717) is 16.9 Å². The molecule has 0 saturated carbocycles. The third kappa shape index (κ3) is 3.45. The number of halogens is 2. The number of alkyl halides is 1. The number of rotatable bonds is 5. The number of ether oxygens (including phenoxy) is 1. The van der Waals surface area contributed by atoms with Gasteiger partial charge in [-0.2, -0.15) is 0 Å². The third-order valence-electron chi connectivity index (χ3n) is 2.68. The van der Waals surface area contributed by atoms with Crippen LogP contribution in [0, 0.1) is 15.9 Å². The van der Waals surface area contributed by atoms with Gasteiger partial charge in [-0.3, -0.25) is 10.1 Å². The van der Waals surface area contributed by atoms with E-state index in [1.165, 1.54) is 30.3 Å². The molecule has 0 bridgehead atoms. The summed E-state index contributed by atoms with van der Waals surface area (Å²) in [5, 5.41) is 10.7. The van der Waals surface area contributed by atoms with Gasteiger partial charge in [-0.25, -0.2) is 4.39 Å². The van der Waals surface area contributed by atoms with Gasteiger partial charge in [0.1, 0.15) is 18.2 Å². The Morgan fingerprint density at radius 3 is 2.75 bits per heavy atom. The zero-order valence-electron chi connectivity index (χ0n) is 10.4. The summed E-state index contributed by atoms with van der Waals surface area (Å²) in [6.07, 6.45) is 0. The predicted molar refractivity (Wildman–Crippen MR) is 73.4 cm³/mol. The van der Waals surface area contributed by atoms with Gasteiger partial charge in [0.2, 0.25) is 0 Å². The molecule has 2 rings (SSSR count). The van der Waals surface area contributed by atoms with E-state index in [1.807, 2.05) is 0 Å². The summed E-state index contributed by atoms with van der Waals surface area (Å²) in [5.41, 5.74) is 1.20. The highest BCUT2D eigenvalue weighted by atomic mass is 35.5. The summed E-state index contributed by atoms with van der Waals surface area (Å²) in [4.78, 5) is 10.2. The van der Waals surface area contributed by atoms with Crippen molar-refractivity contribution in [1.29, 1.82) is 0 Å². The average Bonchev–Trinajstić information content (AvgIpc) is 2.46. The van der Waals surface area contributed by atoms with Crippen LogP contribution in [0.25, 0.3) is 0 Å². The molecule has 104 valence electrons. The second kappa shape index (κ2) is 6.34. The van der Waals surface area contributed by atoms with Crippen molar-refractivity contribution < 1.29 is 14.1 Å². The van der Waals surface area contributed by atoms with Crippen LogP contribution in [0.15, 0.2) is 42.5 Å². The van der Waals surface area contributed by atoms with Crippen molar-refractivity contribution in [1.82, 2.24) is 0 Å². The van der Waals surface area contributed by atoms with Crippen LogP contribution in [0.2, 0.25) is 0 Å². The minimum absolute atomic E-state index is 0.00257. The lowest BCUT2D eigenvalue weighted by Gasteiger charge is -2.10. The van der Waals surface area contributed by atoms with E-state index in [9.17, 15) is 14.5 Å². The number of nitrogens with zero attached hydrogens (tertiary/aromatic N) is 1. The first-order valence-corrected chi connectivity index (χ1v) is 6.34. The number of benzene rings is 2. The Balaban J connectivity index is 2.12. The zero-order chi connectivity index (χ0) is 14.5. The lowest BCUT2D eigenvalue weighted by atomic mass is 10.2. The molecule has 0 radical (unpaired) electrons. The van der Waals surface area contributed by atoms with Crippen molar-refractivity contribution in [2.45, 2.75) is 12.5 Å². The van der Waals surface area contributed by atoms with Gasteiger partial charge in [-0.15, -0.1) is 11.6 Å². The molecule has 2 aromatic carbocycles. The quantitative estimate of drug-likeness (QED) is 0.475. The topological polar surface area (TPSA) is 52.4 Å². The Labute approximate surface area is 119 Å². The van der Waals surface area contributed by atoms with Crippen molar-refractivity contribution in [3.63, 3.8) is 0 Å². The van der Waals surface area contributed by atoms with Crippen LogP contribution in [0.1, 0.15) is 11.1 Å². The normalized spacial score (nSPS) is 10.3. The number of nitro benzene ring substituents is 1. The van der Waals surface area contributed by atoms with Crippen LogP contribution in [0.3, 0.4) is 0 Å². The Bertz CT molecular complexity index is 634. The van der Waals surface area contributed by atoms with Crippen LogP contribution in [0.5, 0.6) is 5.75 Å². The van der Waals surface area contributed by atoms with Crippen LogP contribution < -0.4 is 4.74 Å². The average molecular weight is 296 g/mol. The lowest BCUT2D eigenvalue weighted by Crippen LogP contribution is -1.99. The standard InChI is InChI=1S/C14H11ClFNO3/c15-8-11-7-12(16)4-5-14(11)20-9-10-2-1-3-13(6-10)17(18)19/h1-7H,8-9H2. The maximum atomic E-state index is 13.1. The predicted octanol–water partition coefficient (Wildman–Crippen LogP) is 4.05. The molecule has 0 aliphatic rings. The number of hydrogen-bond donors (Lipinski definition) is 0. The van der Waals surface area contributed by atoms with Crippen LogP contribution in [-0.2, 0) is 12.5 Å². The minimum Gasteiger partial charge on any atom is -0.489 e. The number of nitro groups is 1. The first kappa shape index (κ1) is 14.3. The Kier molecular flexibility index (Phi) is 4.53. The van der Waals surface area contributed by atoms with Crippen molar-refractivity contribution in [2.24, 2.45) is 0 Å². The molecule has 0 unspecified atom stereocenters. The van der Waals surface area contributed by atoms with E-state index in [-0.39, 0.29) is 24.0 Å². The molecule has 6 heteroatoms. The van der Waals surface area contributed by atoms with E-state index in [1.54, 1.807) is 12.1 Å². The maximum absolute atomic E-state index is 13.1. The lowest BCUT2D eigenvalue weighted by molar-refractivity contribution is -0.384. The fourth-order valence-corrected chi connectivity index (χ4v) is 1.92. The van der Waals surface area contributed by atoms with Gasteiger partial charge in [-0.1, -0.05) is 12.1 Å². The second-order valence-corrected chi connectivity index (χ2v) is 4.37. The van der Waals surface area contributed by atoms with E-state index in [4.69, 9.17) is 16.3 Å². The van der Waals surface area contributed by atoms with Crippen molar-refractivity contribution in [2.75, 3.05) is 0 Å². The Hall–Kier alpha value is -2.14. The fourth-order valence-electron chi connectivity index (χ4n) is 1.71. The number of non-ortho nitro benzene ring substituents is 1. The highest BCUT2D eigenvalue weighted by Gasteiger charge is 2.08. The van der Waals surface area contributed by atoms with Gasteiger partial charge in [0, 0.05) is 17.7 Å². The van der Waals surface area contributed by atoms with Crippen LogP contribution >= 0.6 is 11.6 Å². The molecule has 0 spiro atoms. The van der Waals surface area contributed by atoms with E-state index >= 15 is 0 Å². The summed E-state index contributed by atoms with van der Waals surface area (Å²) < 4.78 is 18.6. The van der Waals surface area contributed by atoms with Gasteiger partial charge in [0.25, 0.3) is 5.69 Å². The first-order chi connectivity index (χ1) is 9.60. The summed E-state index contributed by atoms with van der Waals surface area (Å²) in [6.45, 7) is 0.150. The molecule has 0 N–H and O–H groups in total. The van der Waals surface area contributed by atoms with Crippen molar-refractivity contribution >= 4 is 17.3 Å². The molecule has 0 saturated heterocycles. The number of hydrogen-bond acceptors (Lipinski definition) is 3. The van der Waals surface area contributed by atoms with E-state index < -0.39 is 4.92 Å². The summed E-state index contributed by atoms with van der Waals surface area (Å²) >= 11 is 5.72. The molecule has 0 heterocycles. The third-order valence-corrected chi connectivity index (χ3v) is 2.97. The van der Waals surface area contributed by atoms with Crippen LogP contribution in [-0.4, -0.2) is 4.92 Å². The van der Waals surface area contributed by atoms with Gasteiger partial charge in [0.15, 0.2) is 0 Å². The monoisotopic (exact) mass is 295 g/mol. The molecular weight excluding hydrogens is 285 g/mol. The Morgan fingerprint density at radius 2 is 2.05 bits per heavy atom. The largest absolute Gasteiger partial charge is 0.489 e. The second-order valence-electron chi connectivity index (χ2n) is 4.10. The van der Waals surface area contributed by atoms with Gasteiger partial charge < -0.3 is 4.74 Å². The maximum Gasteiger partial charge on any atom is 0.269 e. The van der Waals surface area contributed by atoms with Gasteiger partial charge in [0.05, 0.1) is 10.8 Å². The van der Waals surface area contributed by atoms with Crippen molar-refractivity contribution in [3.8, 4) is 5.75 Å². The van der Waals surface area contributed by atoms with E-state index in [0.717, 1.165) is 0 Å². The van der Waals surface area contributed by atoms with Crippen LogP contribution in [0.4, 0.5) is 10.1 Å². The molecular formula is C14H11ClFNO3. The summed E-state index contributed by atoms with van der Waals surface area (Å²) in [6, 6.07) is 10.2. The molecule has 20 heavy (non-hydrogen) atoms. The molecule has 0 aliphatic heterocycles. The molecule has 0 aliphatic carbocycles. The molecule has 0 atom stereocenters. The SMILES string of the molecule is O=[N+]([O-])c1cccc(COc2ccc(F)cc2CCl)c1. The van der Waals surface area contributed by atoms with E-state index in [2.05, 4.69) is 0 Å². The molecule has 0 fully saturated rings. The molecule has 0 aromatic heterocycles. The molecule has 2 aromatic rings. The van der Waals surface area contributed by atoms with Gasteiger partial charge >= 0.3 is 0 Å². The smallest absolute Gasteiger partial charge is 0.269 e. The summed E-state index contributed by atoms with van der Waals surface area (Å²) in [7, 11) is 0. The highest BCUT2D eigenvalue weighted by Crippen LogP contribution is 2.23. The van der Waals surface area contributed by atoms with Gasteiger partial charge in [-0.05, 0) is 23.8 Å². The molecule has 0 amide bonds. The Morgan fingerprint density at radius 1 is 1.25 bits per heavy atom. The summed E-state index contributed by atoms with van der Waals surface area (Å²) in [5.74, 6) is 0.207. The highest BCUT2D eigenvalue weighted by molar-refractivity contribution is 6.17. The fraction of sp³-hybridized carbons (Fsp3) is 0.143. The minimum atomic E-state index is -0.467. The first-order valence-electron chi connectivity index (χ1n) is 5.80. The van der Waals surface area contributed by atoms with Crippen molar-refractivity contribution in [3.05, 3.63) is 69.5 Å². The zero-order valence-corrected chi connectivity index (χ0v) is 11.1. The molecule has 4 nitrogen and oxygen atoms in total.